The van der Waals surface area contributed by atoms with Gasteiger partial charge in [-0.15, -0.1) is 0 Å². The fraction of sp³-hybridized carbons (Fsp3) is 0.382. The van der Waals surface area contributed by atoms with Gasteiger partial charge in [0.1, 0.15) is 22.9 Å². The number of hydrogen-bond donors (Lipinski definition) is 2. The fourth-order valence-corrected chi connectivity index (χ4v) is 5.47. The summed E-state index contributed by atoms with van der Waals surface area (Å²) in [5.74, 6) is -1.19. The second-order valence-corrected chi connectivity index (χ2v) is 12.7. The number of hydrogen-bond acceptors (Lipinski definition) is 5. The zero-order chi connectivity index (χ0) is 32.1. The monoisotopic (exact) mass is 607 g/mol. The largest absolute Gasteiger partial charge is 0.451 e. The Hall–Kier alpha value is -4.23. The zero-order valence-corrected chi connectivity index (χ0v) is 24.8. The summed E-state index contributed by atoms with van der Waals surface area (Å²) in [4.78, 5) is 25.0. The van der Waals surface area contributed by atoms with Crippen LogP contribution in [0.25, 0.3) is 22.3 Å². The quantitative estimate of drug-likeness (QED) is 0.197. The van der Waals surface area contributed by atoms with Crippen molar-refractivity contribution in [3.63, 3.8) is 0 Å². The molecule has 44 heavy (non-hydrogen) atoms. The zero-order valence-electron chi connectivity index (χ0n) is 24.8. The van der Waals surface area contributed by atoms with Gasteiger partial charge in [-0.05, 0) is 80.5 Å². The Morgan fingerprint density at radius 1 is 0.932 bits per heavy atom. The van der Waals surface area contributed by atoms with Crippen LogP contribution in [-0.4, -0.2) is 35.3 Å². The summed E-state index contributed by atoms with van der Waals surface area (Å²) in [5.41, 5.74) is 0.692. The first kappa shape index (κ1) is 31.2. The summed E-state index contributed by atoms with van der Waals surface area (Å²) in [6, 6.07) is 17.0. The molecule has 1 saturated carbocycles. The number of ether oxygens (including phenoxy) is 1. The van der Waals surface area contributed by atoms with Crippen LogP contribution in [0.2, 0.25) is 0 Å². The van der Waals surface area contributed by atoms with E-state index in [1.54, 1.807) is 18.2 Å². The number of benzene rings is 3. The van der Waals surface area contributed by atoms with Gasteiger partial charge in [0.2, 0.25) is 5.91 Å². The first-order valence-corrected chi connectivity index (χ1v) is 14.3. The predicted molar refractivity (Wildman–Crippen MR) is 157 cm³/mol. The third kappa shape index (κ3) is 6.63. The van der Waals surface area contributed by atoms with E-state index in [1.807, 2.05) is 56.3 Å². The van der Waals surface area contributed by atoms with Gasteiger partial charge in [0.25, 0.3) is 0 Å². The molecule has 0 bridgehead atoms. The van der Waals surface area contributed by atoms with Crippen LogP contribution < -0.4 is 10.6 Å². The minimum Gasteiger partial charge on any atom is -0.451 e. The van der Waals surface area contributed by atoms with Crippen molar-refractivity contribution in [2.45, 2.75) is 82.0 Å². The molecule has 2 atom stereocenters. The van der Waals surface area contributed by atoms with Gasteiger partial charge in [-0.25, -0.2) is 9.18 Å². The Balaban J connectivity index is 1.35. The molecule has 0 aromatic heterocycles. The van der Waals surface area contributed by atoms with Crippen LogP contribution in [0.5, 0.6) is 0 Å². The molecule has 1 aliphatic carbocycles. The molecule has 2 aliphatic rings. The minimum absolute atomic E-state index is 0.133. The Morgan fingerprint density at radius 2 is 1.45 bits per heavy atom. The number of esters is 1. The summed E-state index contributed by atoms with van der Waals surface area (Å²) < 4.78 is 62.9. The smallest absolute Gasteiger partial charge is 0.407 e. The van der Waals surface area contributed by atoms with E-state index < -0.39 is 47.4 Å². The molecule has 0 saturated heterocycles. The second kappa shape index (κ2) is 11.0. The van der Waals surface area contributed by atoms with Crippen LogP contribution in [0.3, 0.4) is 0 Å². The number of amides is 1. The van der Waals surface area contributed by atoms with E-state index >= 15 is 0 Å². The number of fused-ring (bicyclic) bond motifs is 1. The van der Waals surface area contributed by atoms with Crippen molar-refractivity contribution in [2.75, 3.05) is 0 Å². The standard InChI is InChI=1S/C34H33F4N3O3/c1-31(2,35)18-27(29(42)41-33(19-39)15-16-33)40-28(34(36,37)38)23-11-9-21(10-12-23)20-5-7-22(8-6-20)24-13-14-25-26(17-24)32(3,4)44-30(25)43/h5-14,17,27-28,40H,15-16,18H2,1-4H3,(H,41,42)/t27-,28-/m0/s1. The average Bonchev–Trinajstić information content (AvgIpc) is 3.68. The van der Waals surface area contributed by atoms with E-state index in [2.05, 4.69) is 10.6 Å². The Morgan fingerprint density at radius 3 is 1.95 bits per heavy atom. The number of cyclic esters (lactones) is 1. The van der Waals surface area contributed by atoms with Crippen molar-refractivity contribution in [3.8, 4) is 28.3 Å². The van der Waals surface area contributed by atoms with E-state index in [-0.39, 0.29) is 11.5 Å². The second-order valence-electron chi connectivity index (χ2n) is 12.7. The van der Waals surface area contributed by atoms with Crippen molar-refractivity contribution >= 4 is 11.9 Å². The average molecular weight is 608 g/mol. The molecular weight excluding hydrogens is 574 g/mol. The maximum absolute atomic E-state index is 14.6. The lowest BCUT2D eigenvalue weighted by Crippen LogP contribution is -2.53. The molecule has 1 aliphatic heterocycles. The number of rotatable bonds is 9. The molecule has 5 rings (SSSR count). The van der Waals surface area contributed by atoms with Crippen LogP contribution in [-0.2, 0) is 15.1 Å². The number of carbonyl (C=O) groups is 2. The third-order valence-corrected chi connectivity index (χ3v) is 8.06. The number of carbonyl (C=O) groups excluding carboxylic acids is 2. The van der Waals surface area contributed by atoms with E-state index in [0.717, 1.165) is 22.3 Å². The van der Waals surface area contributed by atoms with E-state index in [4.69, 9.17) is 4.74 Å². The topological polar surface area (TPSA) is 91.2 Å². The van der Waals surface area contributed by atoms with Gasteiger partial charge in [0.05, 0.1) is 17.7 Å². The molecule has 0 unspecified atom stereocenters. The molecule has 230 valence electrons. The van der Waals surface area contributed by atoms with E-state index in [1.165, 1.54) is 26.0 Å². The van der Waals surface area contributed by atoms with Gasteiger partial charge >= 0.3 is 12.1 Å². The molecular formula is C34H33F4N3O3. The molecule has 3 aromatic carbocycles. The highest BCUT2D eigenvalue weighted by Gasteiger charge is 2.48. The molecule has 3 aromatic rings. The summed E-state index contributed by atoms with van der Waals surface area (Å²) in [5, 5.41) is 14.1. The molecule has 6 nitrogen and oxygen atoms in total. The van der Waals surface area contributed by atoms with Crippen molar-refractivity contribution in [1.29, 1.82) is 5.26 Å². The summed E-state index contributed by atoms with van der Waals surface area (Å²) in [6.07, 6.45) is -4.50. The fourth-order valence-electron chi connectivity index (χ4n) is 5.47. The van der Waals surface area contributed by atoms with Gasteiger partial charge in [-0.1, -0.05) is 54.6 Å². The van der Waals surface area contributed by atoms with Crippen LogP contribution in [0.4, 0.5) is 17.6 Å². The molecule has 2 N–H and O–H groups in total. The van der Waals surface area contributed by atoms with Crippen molar-refractivity contribution in [3.05, 3.63) is 83.4 Å². The molecule has 1 heterocycles. The van der Waals surface area contributed by atoms with E-state index in [9.17, 15) is 32.4 Å². The lowest BCUT2D eigenvalue weighted by Gasteiger charge is -2.30. The molecule has 0 radical (unpaired) electrons. The van der Waals surface area contributed by atoms with Crippen LogP contribution in [0, 0.1) is 11.3 Å². The van der Waals surface area contributed by atoms with E-state index in [0.29, 0.717) is 24.0 Å². The minimum atomic E-state index is -4.78. The number of nitrogens with zero attached hydrogens (tertiary/aromatic N) is 1. The highest BCUT2D eigenvalue weighted by atomic mass is 19.4. The molecule has 1 amide bonds. The highest BCUT2D eigenvalue weighted by Crippen LogP contribution is 2.39. The lowest BCUT2D eigenvalue weighted by molar-refractivity contribution is -0.161. The van der Waals surface area contributed by atoms with Gasteiger partial charge in [0, 0.05) is 12.0 Å². The van der Waals surface area contributed by atoms with Crippen molar-refractivity contribution in [2.24, 2.45) is 0 Å². The molecule has 0 spiro atoms. The van der Waals surface area contributed by atoms with Crippen LogP contribution in [0.15, 0.2) is 66.7 Å². The van der Waals surface area contributed by atoms with Crippen LogP contribution in [0.1, 0.15) is 74.5 Å². The lowest BCUT2D eigenvalue weighted by atomic mass is 9.91. The molecule has 1 fully saturated rings. The number of nitriles is 1. The predicted octanol–water partition coefficient (Wildman–Crippen LogP) is 7.30. The first-order valence-electron chi connectivity index (χ1n) is 14.3. The Labute approximate surface area is 253 Å². The van der Waals surface area contributed by atoms with Crippen molar-refractivity contribution in [1.82, 2.24) is 10.6 Å². The number of alkyl halides is 4. The number of nitrogens with one attached hydrogen (secondary N) is 2. The maximum atomic E-state index is 14.6. The summed E-state index contributed by atoms with van der Waals surface area (Å²) in [6.45, 7) is 6.05. The Bertz CT molecular complexity index is 1610. The number of halogens is 4. The van der Waals surface area contributed by atoms with Gasteiger partial charge in [0.15, 0.2) is 0 Å². The molecule has 10 heteroatoms. The van der Waals surface area contributed by atoms with Gasteiger partial charge < -0.3 is 10.1 Å². The van der Waals surface area contributed by atoms with Crippen molar-refractivity contribution < 1.29 is 31.9 Å². The summed E-state index contributed by atoms with van der Waals surface area (Å²) >= 11 is 0. The normalized spacial score (nSPS) is 18.0. The Kier molecular flexibility index (Phi) is 7.83. The maximum Gasteiger partial charge on any atom is 0.407 e. The van der Waals surface area contributed by atoms with Gasteiger partial charge in [-0.3, -0.25) is 10.1 Å². The summed E-state index contributed by atoms with van der Waals surface area (Å²) in [7, 11) is 0. The SMILES string of the molecule is CC(C)(F)C[C@H](N[C@@H](c1ccc(-c2ccc(-c3ccc4c(c3)C(C)(C)OC4=O)cc2)cc1)C(F)(F)F)C(=O)NC1(C#N)CC1. The first-order chi connectivity index (χ1) is 20.5. The highest BCUT2D eigenvalue weighted by molar-refractivity contribution is 5.95. The van der Waals surface area contributed by atoms with Crippen LogP contribution >= 0.6 is 0 Å². The van der Waals surface area contributed by atoms with Gasteiger partial charge in [-0.2, -0.15) is 18.4 Å². The third-order valence-electron chi connectivity index (χ3n) is 8.06.